The largest absolute Gasteiger partial charge is 0.497 e. The van der Waals surface area contributed by atoms with Gasteiger partial charge in [0.25, 0.3) is 0 Å². The Morgan fingerprint density at radius 2 is 1.84 bits per heavy atom. The molecule has 0 spiro atoms. The van der Waals surface area contributed by atoms with Gasteiger partial charge in [0.2, 0.25) is 0 Å². The molecule has 0 aromatic heterocycles. The average molecular weight is 344 g/mol. The summed E-state index contributed by atoms with van der Waals surface area (Å²) < 4.78 is 10.7. The van der Waals surface area contributed by atoms with Crippen LogP contribution in [0.25, 0.3) is 0 Å². The average Bonchev–Trinajstić information content (AvgIpc) is 3.32. The Balaban J connectivity index is 1.16. The molecule has 0 heterocycles. The van der Waals surface area contributed by atoms with Crippen LogP contribution in [0, 0.1) is 23.7 Å². The number of carbonyl (C=O) groups is 1. The van der Waals surface area contributed by atoms with Crippen LogP contribution < -0.4 is 20.1 Å². The second-order valence-electron chi connectivity index (χ2n) is 7.68. The molecule has 1 aromatic carbocycles. The predicted molar refractivity (Wildman–Crippen MR) is 95.9 cm³/mol. The molecule has 2 bridgehead atoms. The molecule has 1 aromatic rings. The molecule has 136 valence electrons. The summed E-state index contributed by atoms with van der Waals surface area (Å²) in [4.78, 5) is 12.2. The Morgan fingerprint density at radius 3 is 2.64 bits per heavy atom. The summed E-state index contributed by atoms with van der Waals surface area (Å²) in [6.45, 7) is 0.964. The highest BCUT2D eigenvalue weighted by Crippen LogP contribution is 2.58. The van der Waals surface area contributed by atoms with Crippen molar-refractivity contribution in [3.63, 3.8) is 0 Å². The molecule has 3 saturated carbocycles. The standard InChI is InChI=1S/C20H28N2O3/c1-24-14-5-7-15(8-6-14)25-10-9-21-20(23)22-19-12-13-11-18(19)17-4-2-3-16(13)17/h5-8,13,16-19H,2-4,9-12H2,1H3,(H2,21,22,23)/t13-,16+,17-,18+,19-/m1/s1. The number of methoxy groups -OCH3 is 1. The first-order valence-electron chi connectivity index (χ1n) is 9.56. The predicted octanol–water partition coefficient (Wildman–Crippen LogP) is 3.20. The Morgan fingerprint density at radius 1 is 1.08 bits per heavy atom. The van der Waals surface area contributed by atoms with Gasteiger partial charge in [0.1, 0.15) is 18.1 Å². The Labute approximate surface area is 149 Å². The Bertz CT molecular complexity index is 603. The summed E-state index contributed by atoms with van der Waals surface area (Å²) in [5, 5.41) is 6.14. The number of hydrogen-bond acceptors (Lipinski definition) is 3. The van der Waals surface area contributed by atoms with E-state index in [1.54, 1.807) is 7.11 Å². The SMILES string of the molecule is COc1ccc(OCCNC(=O)N[C@@H]2C[C@H]3C[C@H]2[C@@H]2CCC[C@@H]32)cc1. The summed E-state index contributed by atoms with van der Waals surface area (Å²) in [5.74, 6) is 5.01. The first-order chi connectivity index (χ1) is 12.2. The Hall–Kier alpha value is -1.91. The van der Waals surface area contributed by atoms with E-state index in [4.69, 9.17) is 9.47 Å². The van der Waals surface area contributed by atoms with E-state index in [9.17, 15) is 4.79 Å². The van der Waals surface area contributed by atoms with Gasteiger partial charge < -0.3 is 20.1 Å². The number of ether oxygens (including phenoxy) is 2. The van der Waals surface area contributed by atoms with Gasteiger partial charge in [0.05, 0.1) is 13.7 Å². The third-order valence-corrected chi connectivity index (χ3v) is 6.46. The van der Waals surface area contributed by atoms with E-state index in [-0.39, 0.29) is 6.03 Å². The van der Waals surface area contributed by atoms with Crippen molar-refractivity contribution in [2.45, 2.75) is 38.1 Å². The molecule has 3 fully saturated rings. The van der Waals surface area contributed by atoms with Crippen LogP contribution in [0.2, 0.25) is 0 Å². The fourth-order valence-corrected chi connectivity index (χ4v) is 5.46. The summed E-state index contributed by atoms with van der Waals surface area (Å²) >= 11 is 0. The van der Waals surface area contributed by atoms with Crippen LogP contribution in [0.1, 0.15) is 32.1 Å². The molecular formula is C20H28N2O3. The number of carbonyl (C=O) groups excluding carboxylic acids is 1. The van der Waals surface area contributed by atoms with Crippen molar-refractivity contribution in [1.82, 2.24) is 10.6 Å². The zero-order chi connectivity index (χ0) is 17.2. The van der Waals surface area contributed by atoms with Crippen LogP contribution in [-0.2, 0) is 0 Å². The zero-order valence-electron chi connectivity index (χ0n) is 14.9. The fourth-order valence-electron chi connectivity index (χ4n) is 5.46. The van der Waals surface area contributed by atoms with Crippen molar-refractivity contribution in [2.24, 2.45) is 23.7 Å². The smallest absolute Gasteiger partial charge is 0.315 e. The van der Waals surface area contributed by atoms with E-state index in [1.807, 2.05) is 24.3 Å². The third kappa shape index (κ3) is 3.42. The van der Waals surface area contributed by atoms with Gasteiger partial charge in [-0.15, -0.1) is 0 Å². The van der Waals surface area contributed by atoms with Gasteiger partial charge >= 0.3 is 6.03 Å². The number of amides is 2. The summed E-state index contributed by atoms with van der Waals surface area (Å²) in [6, 6.07) is 7.79. The lowest BCUT2D eigenvalue weighted by Gasteiger charge is -2.32. The maximum Gasteiger partial charge on any atom is 0.315 e. The van der Waals surface area contributed by atoms with Crippen molar-refractivity contribution in [3.05, 3.63) is 24.3 Å². The van der Waals surface area contributed by atoms with Gasteiger partial charge in [-0.25, -0.2) is 4.79 Å². The topological polar surface area (TPSA) is 59.6 Å². The summed E-state index contributed by atoms with van der Waals surface area (Å²) in [7, 11) is 1.64. The molecule has 25 heavy (non-hydrogen) atoms. The van der Waals surface area contributed by atoms with Crippen molar-refractivity contribution in [3.8, 4) is 11.5 Å². The molecule has 4 rings (SSSR count). The molecule has 5 heteroatoms. The van der Waals surface area contributed by atoms with Gasteiger partial charge in [-0.05, 0) is 73.6 Å². The highest BCUT2D eigenvalue weighted by molar-refractivity contribution is 5.74. The number of nitrogens with one attached hydrogen (secondary N) is 2. The lowest BCUT2D eigenvalue weighted by molar-refractivity contribution is 0.196. The number of hydrogen-bond donors (Lipinski definition) is 2. The molecule has 5 nitrogen and oxygen atoms in total. The lowest BCUT2D eigenvalue weighted by atomic mass is 9.79. The molecule has 3 aliphatic carbocycles. The molecule has 0 radical (unpaired) electrons. The first-order valence-corrected chi connectivity index (χ1v) is 9.56. The fraction of sp³-hybridized carbons (Fsp3) is 0.650. The van der Waals surface area contributed by atoms with E-state index in [0.29, 0.717) is 19.2 Å². The van der Waals surface area contributed by atoms with E-state index in [2.05, 4.69) is 10.6 Å². The van der Waals surface area contributed by atoms with Gasteiger partial charge in [-0.3, -0.25) is 0 Å². The van der Waals surface area contributed by atoms with Crippen LogP contribution in [0.15, 0.2) is 24.3 Å². The van der Waals surface area contributed by atoms with Gasteiger partial charge in [0.15, 0.2) is 0 Å². The molecule has 0 unspecified atom stereocenters. The van der Waals surface area contributed by atoms with Crippen LogP contribution in [0.3, 0.4) is 0 Å². The van der Waals surface area contributed by atoms with Crippen LogP contribution >= 0.6 is 0 Å². The van der Waals surface area contributed by atoms with Crippen molar-refractivity contribution in [2.75, 3.05) is 20.3 Å². The molecule has 3 aliphatic rings. The third-order valence-electron chi connectivity index (χ3n) is 6.46. The lowest BCUT2D eigenvalue weighted by Crippen LogP contribution is -2.47. The van der Waals surface area contributed by atoms with Crippen LogP contribution in [-0.4, -0.2) is 32.3 Å². The minimum absolute atomic E-state index is 0.0505. The zero-order valence-corrected chi connectivity index (χ0v) is 14.9. The molecule has 2 amide bonds. The maximum absolute atomic E-state index is 12.2. The van der Waals surface area contributed by atoms with Gasteiger partial charge in [-0.1, -0.05) is 6.42 Å². The molecular weight excluding hydrogens is 316 g/mol. The summed E-state index contributed by atoms with van der Waals surface area (Å²) in [6.07, 6.45) is 6.71. The van der Waals surface area contributed by atoms with Crippen molar-refractivity contribution >= 4 is 6.03 Å². The van der Waals surface area contributed by atoms with Gasteiger partial charge in [-0.2, -0.15) is 0 Å². The van der Waals surface area contributed by atoms with Crippen molar-refractivity contribution in [1.29, 1.82) is 0 Å². The minimum Gasteiger partial charge on any atom is -0.497 e. The second kappa shape index (κ2) is 7.14. The second-order valence-corrected chi connectivity index (χ2v) is 7.68. The quantitative estimate of drug-likeness (QED) is 0.779. The van der Waals surface area contributed by atoms with Crippen LogP contribution in [0.5, 0.6) is 11.5 Å². The van der Waals surface area contributed by atoms with E-state index < -0.39 is 0 Å². The van der Waals surface area contributed by atoms with E-state index >= 15 is 0 Å². The van der Waals surface area contributed by atoms with Crippen molar-refractivity contribution < 1.29 is 14.3 Å². The maximum atomic E-state index is 12.2. The van der Waals surface area contributed by atoms with E-state index in [1.165, 1.54) is 32.1 Å². The first kappa shape index (κ1) is 16.6. The Kier molecular flexibility index (Phi) is 4.73. The van der Waals surface area contributed by atoms with Gasteiger partial charge in [0, 0.05) is 6.04 Å². The molecule has 0 saturated heterocycles. The minimum atomic E-state index is -0.0505. The van der Waals surface area contributed by atoms with Crippen LogP contribution in [0.4, 0.5) is 4.79 Å². The summed E-state index contributed by atoms with van der Waals surface area (Å²) in [5.41, 5.74) is 0. The number of benzene rings is 1. The highest BCUT2D eigenvalue weighted by atomic mass is 16.5. The monoisotopic (exact) mass is 344 g/mol. The van der Waals surface area contributed by atoms with E-state index in [0.717, 1.165) is 35.2 Å². The number of rotatable bonds is 6. The molecule has 5 atom stereocenters. The number of fused-ring (bicyclic) bond motifs is 5. The molecule has 0 aliphatic heterocycles. The molecule has 2 N–H and O–H groups in total. The highest BCUT2D eigenvalue weighted by Gasteiger charge is 2.53. The number of urea groups is 1. The normalized spacial score (nSPS) is 32.3.